The van der Waals surface area contributed by atoms with Gasteiger partial charge in [0.1, 0.15) is 0 Å². The summed E-state index contributed by atoms with van der Waals surface area (Å²) in [6.45, 7) is 3.94. The van der Waals surface area contributed by atoms with Crippen LogP contribution in [-0.4, -0.2) is 46.5 Å². The predicted molar refractivity (Wildman–Crippen MR) is 153 cm³/mol. The third-order valence-electron chi connectivity index (χ3n) is 5.70. The molecule has 0 aliphatic carbocycles. The standard InChI is InChI=1S/C22H22N4O5.C6H6O3S/c1-3-15-7-5-6-8-19(15)23-14-18-20(13-21(27)31-4-2)24-25(22(18)28)16-9-11-17(12-10-16)26(29)30;7-10(8,9)6-4-2-1-3-5-6/h5-12,14,24H,3-4,13H2,1-2H3;1-5H,(H,7,8,9). The quantitative estimate of drug-likeness (QED) is 0.0961. The zero-order valence-corrected chi connectivity index (χ0v) is 23.1. The van der Waals surface area contributed by atoms with E-state index < -0.39 is 26.6 Å². The Morgan fingerprint density at radius 2 is 1.68 bits per heavy atom. The number of aliphatic imine (C=N–C) groups is 1. The van der Waals surface area contributed by atoms with E-state index in [9.17, 15) is 28.1 Å². The first-order valence-electron chi connectivity index (χ1n) is 12.4. The van der Waals surface area contributed by atoms with Crippen LogP contribution in [0.5, 0.6) is 0 Å². The van der Waals surface area contributed by atoms with Crippen molar-refractivity contribution in [2.45, 2.75) is 31.6 Å². The largest absolute Gasteiger partial charge is 0.466 e. The normalized spacial score (nSPS) is 11.1. The molecule has 4 rings (SSSR count). The molecule has 13 heteroatoms. The molecule has 214 valence electrons. The maximum absolute atomic E-state index is 13.1. The summed E-state index contributed by atoms with van der Waals surface area (Å²) in [6, 6.07) is 20.5. The first-order valence-corrected chi connectivity index (χ1v) is 13.9. The van der Waals surface area contributed by atoms with Crippen molar-refractivity contribution in [2.24, 2.45) is 4.99 Å². The van der Waals surface area contributed by atoms with Crippen LogP contribution in [0.4, 0.5) is 11.4 Å². The summed E-state index contributed by atoms with van der Waals surface area (Å²) in [6.07, 6.45) is 2.08. The highest BCUT2D eigenvalue weighted by Crippen LogP contribution is 2.20. The number of hydrogen-bond donors (Lipinski definition) is 2. The summed E-state index contributed by atoms with van der Waals surface area (Å²) < 4.78 is 35.5. The Hall–Kier alpha value is -4.88. The molecule has 0 spiro atoms. The second kappa shape index (κ2) is 14.0. The highest BCUT2D eigenvalue weighted by Gasteiger charge is 2.18. The lowest BCUT2D eigenvalue weighted by molar-refractivity contribution is -0.384. The number of nitro groups is 1. The molecule has 41 heavy (non-hydrogen) atoms. The number of rotatable bonds is 9. The van der Waals surface area contributed by atoms with Gasteiger partial charge >= 0.3 is 5.97 Å². The van der Waals surface area contributed by atoms with Crippen LogP contribution in [0.1, 0.15) is 30.7 Å². The Balaban J connectivity index is 0.000000389. The van der Waals surface area contributed by atoms with Gasteiger partial charge in [0.15, 0.2) is 0 Å². The predicted octanol–water partition coefficient (Wildman–Crippen LogP) is 4.43. The SMILES string of the molecule is CCOC(=O)Cc1[nH]n(-c2ccc([N+](=O)[O-])cc2)c(=O)c1C=Nc1ccccc1CC.O=S(=O)(O)c1ccccc1. The van der Waals surface area contributed by atoms with Crippen LogP contribution in [-0.2, 0) is 32.5 Å². The number of aryl methyl sites for hydroxylation is 1. The number of benzene rings is 3. The van der Waals surface area contributed by atoms with E-state index in [1.165, 1.54) is 47.3 Å². The van der Waals surface area contributed by atoms with Crippen LogP contribution in [0, 0.1) is 10.1 Å². The number of aromatic amines is 1. The Morgan fingerprint density at radius 1 is 1.05 bits per heavy atom. The lowest BCUT2D eigenvalue weighted by atomic mass is 10.1. The van der Waals surface area contributed by atoms with E-state index in [1.54, 1.807) is 25.1 Å². The Morgan fingerprint density at radius 3 is 2.24 bits per heavy atom. The third kappa shape index (κ3) is 8.30. The van der Waals surface area contributed by atoms with Crippen molar-refractivity contribution in [1.29, 1.82) is 0 Å². The number of non-ortho nitro benzene ring substituents is 1. The molecule has 0 atom stereocenters. The van der Waals surface area contributed by atoms with E-state index in [2.05, 4.69) is 10.1 Å². The van der Waals surface area contributed by atoms with Crippen LogP contribution in [0.2, 0.25) is 0 Å². The number of esters is 1. The third-order valence-corrected chi connectivity index (χ3v) is 6.56. The molecule has 0 bridgehead atoms. The summed E-state index contributed by atoms with van der Waals surface area (Å²) in [5, 5.41) is 13.8. The van der Waals surface area contributed by atoms with Gasteiger partial charge in [0.25, 0.3) is 21.4 Å². The van der Waals surface area contributed by atoms with E-state index in [4.69, 9.17) is 9.29 Å². The average molecular weight is 581 g/mol. The fraction of sp³-hybridized carbons (Fsp3) is 0.179. The summed E-state index contributed by atoms with van der Waals surface area (Å²) in [5.74, 6) is -0.483. The Kier molecular flexibility index (Phi) is 10.4. The molecule has 3 aromatic carbocycles. The molecule has 12 nitrogen and oxygen atoms in total. The maximum Gasteiger partial charge on any atom is 0.311 e. The van der Waals surface area contributed by atoms with Crippen LogP contribution in [0.15, 0.2) is 93.5 Å². The van der Waals surface area contributed by atoms with Gasteiger partial charge in [-0.2, -0.15) is 8.42 Å². The second-order valence-corrected chi connectivity index (χ2v) is 9.85. The van der Waals surface area contributed by atoms with Crippen molar-refractivity contribution in [3.63, 3.8) is 0 Å². The van der Waals surface area contributed by atoms with Gasteiger partial charge in [-0.25, -0.2) is 4.68 Å². The molecule has 4 aromatic rings. The first kappa shape index (κ1) is 30.7. The number of nitrogens with zero attached hydrogens (tertiary/aromatic N) is 3. The zero-order chi connectivity index (χ0) is 30.0. The molecule has 1 aromatic heterocycles. The maximum atomic E-state index is 13.1. The summed E-state index contributed by atoms with van der Waals surface area (Å²) in [4.78, 5) is 39.9. The van der Waals surface area contributed by atoms with Gasteiger partial charge in [0.05, 0.1) is 45.5 Å². The molecule has 0 aliphatic heterocycles. The molecule has 0 aliphatic rings. The van der Waals surface area contributed by atoms with Crippen molar-refractivity contribution < 1.29 is 27.4 Å². The number of hydrogen-bond acceptors (Lipinski definition) is 8. The van der Waals surface area contributed by atoms with Gasteiger partial charge in [-0.15, -0.1) is 0 Å². The second-order valence-electron chi connectivity index (χ2n) is 8.43. The first-order chi connectivity index (χ1) is 19.5. The number of aromatic nitrogens is 2. The minimum Gasteiger partial charge on any atom is -0.466 e. The molecule has 2 N–H and O–H groups in total. The smallest absolute Gasteiger partial charge is 0.311 e. The minimum atomic E-state index is -4.00. The van der Waals surface area contributed by atoms with Crippen molar-refractivity contribution in [3.05, 3.63) is 116 Å². The molecule has 1 heterocycles. The number of para-hydroxylation sites is 1. The molecule has 0 saturated heterocycles. The molecule has 0 saturated carbocycles. The van der Waals surface area contributed by atoms with Gasteiger partial charge < -0.3 is 4.74 Å². The minimum absolute atomic E-state index is 0.0741. The Bertz CT molecular complexity index is 1690. The Labute approximate surface area is 235 Å². The van der Waals surface area contributed by atoms with Crippen LogP contribution >= 0.6 is 0 Å². The molecule has 0 fully saturated rings. The van der Waals surface area contributed by atoms with Gasteiger partial charge in [0.2, 0.25) is 0 Å². The average Bonchev–Trinajstić information content (AvgIpc) is 3.26. The van der Waals surface area contributed by atoms with Gasteiger partial charge in [0, 0.05) is 18.3 Å². The van der Waals surface area contributed by atoms with Crippen LogP contribution in [0.3, 0.4) is 0 Å². The number of H-pyrrole nitrogens is 1. The molecule has 0 unspecified atom stereocenters. The van der Waals surface area contributed by atoms with Crippen molar-refractivity contribution in [3.8, 4) is 5.69 Å². The van der Waals surface area contributed by atoms with Gasteiger partial charge in [-0.3, -0.25) is 34.3 Å². The van der Waals surface area contributed by atoms with Gasteiger partial charge in [-0.1, -0.05) is 43.3 Å². The number of ether oxygens (including phenoxy) is 1. The van der Waals surface area contributed by atoms with E-state index in [0.717, 1.165) is 17.7 Å². The zero-order valence-electron chi connectivity index (χ0n) is 22.3. The number of nitrogens with one attached hydrogen (secondary N) is 1. The van der Waals surface area contributed by atoms with E-state index in [-0.39, 0.29) is 29.2 Å². The fourth-order valence-electron chi connectivity index (χ4n) is 3.69. The van der Waals surface area contributed by atoms with Crippen molar-refractivity contribution in [1.82, 2.24) is 9.78 Å². The summed E-state index contributed by atoms with van der Waals surface area (Å²) in [5.41, 5.74) is 2.21. The number of nitro benzene ring substituents is 1. The highest BCUT2D eigenvalue weighted by molar-refractivity contribution is 7.85. The number of carbonyl (C=O) groups excluding carboxylic acids is 1. The van der Waals surface area contributed by atoms with Crippen LogP contribution < -0.4 is 5.56 Å². The highest BCUT2D eigenvalue weighted by atomic mass is 32.2. The van der Waals surface area contributed by atoms with Crippen molar-refractivity contribution >= 4 is 33.7 Å². The topological polar surface area (TPSA) is 174 Å². The molecule has 0 amide bonds. The van der Waals surface area contributed by atoms with E-state index in [1.807, 2.05) is 31.2 Å². The number of carbonyl (C=O) groups is 1. The monoisotopic (exact) mass is 580 g/mol. The molecular formula is C28H28N4O8S. The molecule has 0 radical (unpaired) electrons. The molecular weight excluding hydrogens is 552 g/mol. The van der Waals surface area contributed by atoms with Gasteiger partial charge in [-0.05, 0) is 49.2 Å². The lowest BCUT2D eigenvalue weighted by Crippen LogP contribution is -2.17. The fourth-order valence-corrected chi connectivity index (χ4v) is 4.19. The lowest BCUT2D eigenvalue weighted by Gasteiger charge is -2.03. The van der Waals surface area contributed by atoms with Crippen LogP contribution in [0.25, 0.3) is 5.69 Å². The van der Waals surface area contributed by atoms with Crippen molar-refractivity contribution in [2.75, 3.05) is 6.61 Å². The van der Waals surface area contributed by atoms with E-state index in [0.29, 0.717) is 11.4 Å². The van der Waals surface area contributed by atoms with E-state index >= 15 is 0 Å². The summed E-state index contributed by atoms with van der Waals surface area (Å²) in [7, 11) is -4.00. The summed E-state index contributed by atoms with van der Waals surface area (Å²) >= 11 is 0.